The summed E-state index contributed by atoms with van der Waals surface area (Å²) < 4.78 is 49.7. The van der Waals surface area contributed by atoms with Crippen molar-refractivity contribution >= 4 is 34.9 Å². The number of hydrogen-bond donors (Lipinski definition) is 0. The molecule has 0 aliphatic rings. The Labute approximate surface area is 180 Å². The van der Waals surface area contributed by atoms with Crippen molar-refractivity contribution in [3.05, 3.63) is 67.2 Å². The van der Waals surface area contributed by atoms with Crippen LogP contribution in [0.15, 0.2) is 36.4 Å². The van der Waals surface area contributed by atoms with Crippen molar-refractivity contribution in [3.8, 4) is 11.5 Å². The first kappa shape index (κ1) is 24.3. The van der Waals surface area contributed by atoms with Gasteiger partial charge in [0.1, 0.15) is 11.3 Å². The Balaban J connectivity index is 2.23. The number of nitro groups is 2. The van der Waals surface area contributed by atoms with Gasteiger partial charge < -0.3 is 14.2 Å². The molecule has 0 saturated carbocycles. The summed E-state index contributed by atoms with van der Waals surface area (Å²) in [4.78, 5) is 43.9. The third-order valence-corrected chi connectivity index (χ3v) is 3.68. The van der Waals surface area contributed by atoms with E-state index in [9.17, 15) is 43.0 Å². The fourth-order valence-corrected chi connectivity index (χ4v) is 2.32. The van der Waals surface area contributed by atoms with Crippen LogP contribution in [0.2, 0.25) is 5.02 Å². The fraction of sp³-hybridized carbons (Fsp3) is 0.176. The van der Waals surface area contributed by atoms with Gasteiger partial charge in [0, 0.05) is 23.2 Å². The number of hydrogen-bond acceptors (Lipinski definition) is 9. The van der Waals surface area contributed by atoms with E-state index in [4.69, 9.17) is 16.3 Å². The van der Waals surface area contributed by atoms with E-state index in [0.717, 1.165) is 30.3 Å². The Morgan fingerprint density at radius 2 is 1.62 bits per heavy atom. The quantitative estimate of drug-likeness (QED) is 0.309. The summed E-state index contributed by atoms with van der Waals surface area (Å²) in [5.74, 6) is -3.55. The lowest BCUT2D eigenvalue weighted by molar-refractivity contribution is -0.385. The molecule has 0 heterocycles. The van der Waals surface area contributed by atoms with E-state index in [1.807, 2.05) is 0 Å². The molecule has 0 saturated heterocycles. The number of nitro benzene ring substituents is 2. The molecule has 2 aromatic carbocycles. The topological polar surface area (TPSA) is 148 Å². The maximum absolute atomic E-state index is 12.2. The van der Waals surface area contributed by atoms with Crippen LogP contribution in [-0.2, 0) is 14.3 Å². The second-order valence-corrected chi connectivity index (χ2v) is 6.20. The lowest BCUT2D eigenvalue weighted by Crippen LogP contribution is -2.24. The summed E-state index contributed by atoms with van der Waals surface area (Å²) in [6.45, 7) is -3.16. The van der Waals surface area contributed by atoms with Crippen LogP contribution in [0.3, 0.4) is 0 Å². The van der Waals surface area contributed by atoms with Crippen LogP contribution in [0.4, 0.5) is 24.5 Å². The molecule has 170 valence electrons. The zero-order valence-corrected chi connectivity index (χ0v) is 16.2. The van der Waals surface area contributed by atoms with Gasteiger partial charge in [-0.25, -0.2) is 9.59 Å². The van der Waals surface area contributed by atoms with E-state index in [1.54, 1.807) is 0 Å². The van der Waals surface area contributed by atoms with Gasteiger partial charge in [-0.3, -0.25) is 20.2 Å². The second kappa shape index (κ2) is 9.91. The van der Waals surface area contributed by atoms with Gasteiger partial charge in [0.2, 0.25) is 5.75 Å². The number of nitrogens with zero attached hydrogens (tertiary/aromatic N) is 2. The molecule has 0 spiro atoms. The van der Waals surface area contributed by atoms with Gasteiger partial charge in [-0.05, 0) is 18.2 Å². The first-order valence-electron chi connectivity index (χ1n) is 8.17. The number of carbonyl (C=O) groups excluding carboxylic acids is 2. The Hall–Kier alpha value is -3.94. The summed E-state index contributed by atoms with van der Waals surface area (Å²) in [5, 5.41) is 22.3. The monoisotopic (exact) mass is 478 g/mol. The Bertz CT molecular complexity index is 1080. The molecule has 11 nitrogen and oxygen atoms in total. The smallest absolute Gasteiger partial charge is 0.422 e. The molecule has 0 aromatic heterocycles. The van der Waals surface area contributed by atoms with Gasteiger partial charge in [-0.15, -0.1) is 0 Å². The number of halogens is 4. The summed E-state index contributed by atoms with van der Waals surface area (Å²) in [7, 11) is 0. The third kappa shape index (κ3) is 6.80. The van der Waals surface area contributed by atoms with Crippen molar-refractivity contribution < 1.29 is 46.8 Å². The molecule has 0 aliphatic heterocycles. The molecular formula is C17H10ClF3N2O9. The first-order valence-corrected chi connectivity index (χ1v) is 8.55. The van der Waals surface area contributed by atoms with Crippen LogP contribution in [0.25, 0.3) is 0 Å². The van der Waals surface area contributed by atoms with Crippen LogP contribution in [0.5, 0.6) is 11.5 Å². The summed E-state index contributed by atoms with van der Waals surface area (Å²) in [6.07, 6.45) is -4.80. The van der Waals surface area contributed by atoms with Gasteiger partial charge in [-0.2, -0.15) is 13.2 Å². The second-order valence-electron chi connectivity index (χ2n) is 5.76. The summed E-state index contributed by atoms with van der Waals surface area (Å²) in [6, 6.07) is 6.08. The van der Waals surface area contributed by atoms with E-state index in [-0.39, 0.29) is 16.5 Å². The molecule has 0 fully saturated rings. The number of rotatable bonds is 8. The zero-order valence-electron chi connectivity index (χ0n) is 15.5. The highest BCUT2D eigenvalue weighted by atomic mass is 35.5. The van der Waals surface area contributed by atoms with Crippen LogP contribution < -0.4 is 4.74 Å². The number of ether oxygens (including phenoxy) is 3. The number of alkyl halides is 3. The van der Waals surface area contributed by atoms with Gasteiger partial charge in [0.25, 0.3) is 5.69 Å². The minimum Gasteiger partial charge on any atom is -0.454 e. The molecule has 2 rings (SSSR count). The Morgan fingerprint density at radius 3 is 2.22 bits per heavy atom. The minimum absolute atomic E-state index is 0.0365. The van der Waals surface area contributed by atoms with Crippen molar-refractivity contribution in [2.24, 2.45) is 0 Å². The molecule has 0 N–H and O–H groups in total. The predicted molar refractivity (Wildman–Crippen MR) is 98.6 cm³/mol. The average molecular weight is 479 g/mol. The molecule has 32 heavy (non-hydrogen) atoms. The lowest BCUT2D eigenvalue weighted by Gasteiger charge is -2.10. The molecule has 0 radical (unpaired) electrons. The Kier molecular flexibility index (Phi) is 7.54. The number of esters is 2. The maximum Gasteiger partial charge on any atom is 0.422 e. The van der Waals surface area contributed by atoms with Crippen LogP contribution in [-0.4, -0.2) is 41.2 Å². The highest BCUT2D eigenvalue weighted by molar-refractivity contribution is 6.30. The van der Waals surface area contributed by atoms with Crippen LogP contribution in [0.1, 0.15) is 10.4 Å². The van der Waals surface area contributed by atoms with Gasteiger partial charge >= 0.3 is 23.8 Å². The first-order chi connectivity index (χ1) is 14.9. The summed E-state index contributed by atoms with van der Waals surface area (Å²) >= 11 is 5.70. The Morgan fingerprint density at radius 1 is 0.969 bits per heavy atom. The normalized spacial score (nSPS) is 10.9. The molecule has 2 aromatic rings. The zero-order chi connectivity index (χ0) is 24.1. The molecule has 0 bridgehead atoms. The minimum atomic E-state index is -4.80. The molecule has 0 aliphatic carbocycles. The predicted octanol–water partition coefficient (Wildman–Crippen LogP) is 4.21. The van der Waals surface area contributed by atoms with Crippen molar-refractivity contribution in [3.63, 3.8) is 0 Å². The van der Waals surface area contributed by atoms with Gasteiger partial charge in [0.05, 0.1) is 9.85 Å². The standard InChI is InChI=1S/C17H10ClF3N2O9/c18-9-1-4-14(13(5-9)23(28)29)32-10-2-3-12(22(26)27)11(6-10)16(25)30-7-15(24)31-8-17(19,20)21/h1-6H,7-8H2. The van der Waals surface area contributed by atoms with Crippen molar-refractivity contribution in [1.29, 1.82) is 0 Å². The van der Waals surface area contributed by atoms with Crippen molar-refractivity contribution in [2.75, 3.05) is 13.2 Å². The van der Waals surface area contributed by atoms with E-state index in [2.05, 4.69) is 9.47 Å². The summed E-state index contributed by atoms with van der Waals surface area (Å²) in [5.41, 5.74) is -2.04. The van der Waals surface area contributed by atoms with Gasteiger partial charge in [-0.1, -0.05) is 11.6 Å². The van der Waals surface area contributed by atoms with E-state index < -0.39 is 58.1 Å². The van der Waals surface area contributed by atoms with Crippen LogP contribution >= 0.6 is 11.6 Å². The lowest BCUT2D eigenvalue weighted by atomic mass is 10.1. The van der Waals surface area contributed by atoms with Crippen LogP contribution in [0, 0.1) is 20.2 Å². The highest BCUT2D eigenvalue weighted by Gasteiger charge is 2.30. The molecule has 15 heteroatoms. The van der Waals surface area contributed by atoms with E-state index in [1.165, 1.54) is 6.07 Å². The SMILES string of the molecule is O=C(COC(=O)c1cc(Oc2ccc(Cl)cc2[N+](=O)[O-])ccc1[N+](=O)[O-])OCC(F)(F)F. The maximum atomic E-state index is 12.2. The molecule has 0 amide bonds. The fourth-order valence-electron chi connectivity index (χ4n) is 2.15. The largest absolute Gasteiger partial charge is 0.454 e. The van der Waals surface area contributed by atoms with Gasteiger partial charge in [0.15, 0.2) is 13.2 Å². The molecule has 0 unspecified atom stereocenters. The third-order valence-electron chi connectivity index (χ3n) is 3.45. The van der Waals surface area contributed by atoms with E-state index in [0.29, 0.717) is 0 Å². The highest BCUT2D eigenvalue weighted by Crippen LogP contribution is 2.35. The number of benzene rings is 2. The molecular weight excluding hydrogens is 469 g/mol. The number of carbonyl (C=O) groups is 2. The van der Waals surface area contributed by atoms with E-state index >= 15 is 0 Å². The van der Waals surface area contributed by atoms with Crippen molar-refractivity contribution in [1.82, 2.24) is 0 Å². The van der Waals surface area contributed by atoms with Crippen molar-refractivity contribution in [2.45, 2.75) is 6.18 Å². The average Bonchev–Trinajstić information content (AvgIpc) is 2.70. The molecule has 0 atom stereocenters.